The van der Waals surface area contributed by atoms with E-state index >= 15 is 0 Å². The fourth-order valence-corrected chi connectivity index (χ4v) is 4.51. The van der Waals surface area contributed by atoms with Gasteiger partial charge in [-0.05, 0) is 74.1 Å². The summed E-state index contributed by atoms with van der Waals surface area (Å²) < 4.78 is 2.17. The molecule has 1 aliphatic heterocycles. The normalized spacial score (nSPS) is 18.9. The Labute approximate surface area is 175 Å². The fraction of sp³-hybridized carbons (Fsp3) is 0.273. The molecule has 6 nitrogen and oxygen atoms in total. The van der Waals surface area contributed by atoms with Crippen molar-refractivity contribution in [1.82, 2.24) is 19.8 Å². The highest BCUT2D eigenvalue weighted by atomic mass is 32.1. The zero-order valence-electron chi connectivity index (χ0n) is 16.4. The number of aromatic nitrogens is 2. The van der Waals surface area contributed by atoms with Crippen molar-refractivity contribution in [2.75, 3.05) is 13.2 Å². The molecule has 29 heavy (non-hydrogen) atoms. The van der Waals surface area contributed by atoms with E-state index in [1.807, 2.05) is 35.2 Å². The van der Waals surface area contributed by atoms with E-state index in [4.69, 9.17) is 12.2 Å². The Kier molecular flexibility index (Phi) is 5.25. The molecular formula is C22H24N4O2S. The smallest absolute Gasteiger partial charge is 0.170 e. The van der Waals surface area contributed by atoms with E-state index in [1.54, 1.807) is 18.3 Å². The van der Waals surface area contributed by atoms with E-state index in [1.165, 1.54) is 0 Å². The minimum atomic E-state index is -0.107. The van der Waals surface area contributed by atoms with Crippen molar-refractivity contribution < 1.29 is 10.2 Å². The minimum absolute atomic E-state index is 0.0178. The molecule has 1 aromatic carbocycles. The molecule has 0 aliphatic carbocycles. The first-order valence-electron chi connectivity index (χ1n) is 9.58. The number of pyridine rings is 1. The Hall–Kier alpha value is -2.90. The van der Waals surface area contributed by atoms with Gasteiger partial charge in [0.2, 0.25) is 0 Å². The number of β-amino-alcohol motifs (C(OH)–C–C–N with tert-alkyl or cyclic N) is 1. The quantitative estimate of drug-likeness (QED) is 0.563. The van der Waals surface area contributed by atoms with Gasteiger partial charge in [0.15, 0.2) is 5.11 Å². The van der Waals surface area contributed by atoms with Crippen LogP contribution in [0.5, 0.6) is 5.75 Å². The first kappa shape index (κ1) is 19.4. The molecular weight excluding hydrogens is 384 g/mol. The molecule has 0 unspecified atom stereocenters. The molecule has 2 aromatic heterocycles. The number of phenols is 1. The summed E-state index contributed by atoms with van der Waals surface area (Å²) in [6.07, 6.45) is 1.78. The fourth-order valence-electron chi connectivity index (χ4n) is 4.18. The molecule has 3 aromatic rings. The largest absolute Gasteiger partial charge is 0.508 e. The Bertz CT molecular complexity index is 1020. The number of hydrogen-bond donors (Lipinski definition) is 3. The Morgan fingerprint density at radius 1 is 1.14 bits per heavy atom. The summed E-state index contributed by atoms with van der Waals surface area (Å²) in [5, 5.41) is 23.3. The average molecular weight is 409 g/mol. The molecule has 0 radical (unpaired) electrons. The van der Waals surface area contributed by atoms with E-state index in [2.05, 4.69) is 34.8 Å². The van der Waals surface area contributed by atoms with Crippen molar-refractivity contribution in [3.05, 3.63) is 77.4 Å². The average Bonchev–Trinajstić information content (AvgIpc) is 3.20. The van der Waals surface area contributed by atoms with Crippen LogP contribution < -0.4 is 5.32 Å². The lowest BCUT2D eigenvalue weighted by atomic mass is 9.97. The lowest BCUT2D eigenvalue weighted by molar-refractivity contribution is 0.223. The first-order chi connectivity index (χ1) is 14.0. The Morgan fingerprint density at radius 3 is 2.55 bits per heavy atom. The Balaban J connectivity index is 1.82. The molecule has 150 valence electrons. The maximum atomic E-state index is 9.63. The number of phenolic OH excluding ortho intramolecular Hbond substituents is 1. The van der Waals surface area contributed by atoms with Crippen LogP contribution in [0.25, 0.3) is 5.69 Å². The topological polar surface area (TPSA) is 73.5 Å². The number of rotatable bonds is 5. The molecule has 1 fully saturated rings. The molecule has 1 aliphatic rings. The summed E-state index contributed by atoms with van der Waals surface area (Å²) in [7, 11) is 0. The van der Waals surface area contributed by atoms with Crippen LogP contribution in [-0.4, -0.2) is 42.9 Å². The SMILES string of the molecule is Cc1cc([C@@H]2[C@@H](c3ccccn3)NC(=S)N2CCO)c(C)n1-c1ccc(O)cc1. The van der Waals surface area contributed by atoms with Gasteiger partial charge in [0, 0.05) is 29.8 Å². The molecule has 4 rings (SSSR count). The van der Waals surface area contributed by atoms with Crippen LogP contribution in [0.15, 0.2) is 54.7 Å². The second-order valence-corrected chi connectivity index (χ2v) is 7.61. The third-order valence-electron chi connectivity index (χ3n) is 5.44. The highest BCUT2D eigenvalue weighted by Gasteiger charge is 2.41. The zero-order chi connectivity index (χ0) is 20.5. The van der Waals surface area contributed by atoms with E-state index in [9.17, 15) is 10.2 Å². The number of hydrogen-bond acceptors (Lipinski definition) is 4. The second kappa shape index (κ2) is 7.85. The number of nitrogens with zero attached hydrogens (tertiary/aromatic N) is 3. The van der Waals surface area contributed by atoms with Crippen LogP contribution in [0.4, 0.5) is 0 Å². The van der Waals surface area contributed by atoms with Gasteiger partial charge in [0.1, 0.15) is 5.75 Å². The van der Waals surface area contributed by atoms with Gasteiger partial charge in [-0.3, -0.25) is 4.98 Å². The number of aryl methyl sites for hydroxylation is 1. The summed E-state index contributed by atoms with van der Waals surface area (Å²) >= 11 is 5.59. The molecule has 0 bridgehead atoms. The Morgan fingerprint density at radius 2 is 1.90 bits per heavy atom. The van der Waals surface area contributed by atoms with Gasteiger partial charge in [-0.1, -0.05) is 6.07 Å². The summed E-state index contributed by atoms with van der Waals surface area (Å²) in [6, 6.07) is 15.0. The van der Waals surface area contributed by atoms with Crippen LogP contribution in [-0.2, 0) is 0 Å². The molecule has 0 amide bonds. The number of thiocarbonyl (C=S) groups is 1. The molecule has 0 saturated carbocycles. The third-order valence-corrected chi connectivity index (χ3v) is 5.79. The van der Waals surface area contributed by atoms with Crippen molar-refractivity contribution in [3.8, 4) is 11.4 Å². The summed E-state index contributed by atoms with van der Waals surface area (Å²) in [6.45, 7) is 4.62. The molecule has 0 spiro atoms. The lowest BCUT2D eigenvalue weighted by Crippen LogP contribution is -2.32. The summed E-state index contributed by atoms with van der Waals surface area (Å²) in [5.74, 6) is 0.242. The van der Waals surface area contributed by atoms with Crippen LogP contribution in [0.3, 0.4) is 0 Å². The highest BCUT2D eigenvalue weighted by molar-refractivity contribution is 7.80. The van der Waals surface area contributed by atoms with Crippen molar-refractivity contribution in [2.45, 2.75) is 25.9 Å². The van der Waals surface area contributed by atoms with Crippen LogP contribution >= 0.6 is 12.2 Å². The summed E-state index contributed by atoms with van der Waals surface area (Å²) in [4.78, 5) is 6.59. The maximum Gasteiger partial charge on any atom is 0.170 e. The maximum absolute atomic E-state index is 9.63. The highest BCUT2D eigenvalue weighted by Crippen LogP contribution is 2.41. The van der Waals surface area contributed by atoms with Crippen LogP contribution in [0, 0.1) is 13.8 Å². The van der Waals surface area contributed by atoms with Crippen LogP contribution in [0.1, 0.15) is 34.7 Å². The van der Waals surface area contributed by atoms with Crippen molar-refractivity contribution in [1.29, 1.82) is 0 Å². The molecule has 2 atom stereocenters. The second-order valence-electron chi connectivity index (χ2n) is 7.22. The third kappa shape index (κ3) is 3.47. The molecule has 7 heteroatoms. The van der Waals surface area contributed by atoms with E-state index in [0.29, 0.717) is 11.7 Å². The first-order valence-corrected chi connectivity index (χ1v) is 9.99. The monoisotopic (exact) mass is 408 g/mol. The van der Waals surface area contributed by atoms with Gasteiger partial charge in [-0.25, -0.2) is 0 Å². The van der Waals surface area contributed by atoms with Gasteiger partial charge in [-0.2, -0.15) is 0 Å². The van der Waals surface area contributed by atoms with Crippen molar-refractivity contribution in [3.63, 3.8) is 0 Å². The minimum Gasteiger partial charge on any atom is -0.508 e. The van der Waals surface area contributed by atoms with Crippen LogP contribution in [0.2, 0.25) is 0 Å². The van der Waals surface area contributed by atoms with Gasteiger partial charge in [-0.15, -0.1) is 0 Å². The van der Waals surface area contributed by atoms with E-state index in [0.717, 1.165) is 28.3 Å². The van der Waals surface area contributed by atoms with Gasteiger partial charge in [0.05, 0.1) is 24.4 Å². The number of aliphatic hydroxyl groups excluding tert-OH is 1. The lowest BCUT2D eigenvalue weighted by Gasteiger charge is -2.27. The van der Waals surface area contributed by atoms with Gasteiger partial charge in [0.25, 0.3) is 0 Å². The zero-order valence-corrected chi connectivity index (χ0v) is 17.2. The predicted octanol–water partition coefficient (Wildman–Crippen LogP) is 3.16. The van der Waals surface area contributed by atoms with E-state index < -0.39 is 0 Å². The summed E-state index contributed by atoms with van der Waals surface area (Å²) in [5.41, 5.74) is 5.21. The molecule has 3 N–H and O–H groups in total. The van der Waals surface area contributed by atoms with Crippen molar-refractivity contribution in [2.24, 2.45) is 0 Å². The van der Waals surface area contributed by atoms with Gasteiger partial charge < -0.3 is 25.0 Å². The van der Waals surface area contributed by atoms with Gasteiger partial charge >= 0.3 is 0 Å². The number of benzene rings is 1. The standard InChI is InChI=1S/C22H24N4O2S/c1-14-13-18(15(2)26(14)16-6-8-17(28)9-7-16)21-20(19-5-3-4-10-23-19)24-22(29)25(21)11-12-27/h3-10,13,20-21,27-28H,11-12H2,1-2H3,(H,24,29)/t20-,21-/m1/s1. The number of aromatic hydroxyl groups is 1. The molecule has 1 saturated heterocycles. The van der Waals surface area contributed by atoms with Crippen molar-refractivity contribution >= 4 is 17.3 Å². The predicted molar refractivity (Wildman–Crippen MR) is 116 cm³/mol. The van der Waals surface area contributed by atoms with E-state index in [-0.39, 0.29) is 24.4 Å². The number of aliphatic hydroxyl groups is 1. The molecule has 3 heterocycles. The number of nitrogens with one attached hydrogen (secondary N) is 1.